The van der Waals surface area contributed by atoms with Crippen molar-refractivity contribution >= 4 is 31.9 Å². The molecule has 0 rings (SSSR count). The van der Waals surface area contributed by atoms with E-state index in [-0.39, 0.29) is 0 Å². The van der Waals surface area contributed by atoms with Gasteiger partial charge in [0.15, 0.2) is 0 Å². The first-order valence-electron chi connectivity index (χ1n) is 2.03. The van der Waals surface area contributed by atoms with Crippen molar-refractivity contribution in [3.63, 3.8) is 0 Å². The highest BCUT2D eigenvalue weighted by Crippen LogP contribution is 1.83. The van der Waals surface area contributed by atoms with Crippen LogP contribution in [-0.2, 0) is 0 Å². The van der Waals surface area contributed by atoms with Crippen LogP contribution in [-0.4, -0.2) is 25.4 Å². The molecule has 0 aliphatic carbocycles. The minimum Gasteiger partial charge on any atom is -0.342 e. The van der Waals surface area contributed by atoms with E-state index in [0.29, 0.717) is 0 Å². The first kappa shape index (κ1) is 10.8. The normalized spacial score (nSPS) is 7.71. The number of halogens is 2. The van der Waals surface area contributed by atoms with E-state index in [2.05, 4.69) is 53.0 Å². The molecule has 0 radical (unpaired) electrons. The minimum absolute atomic E-state index is 0.875. The first-order chi connectivity index (χ1) is 3.15. The van der Waals surface area contributed by atoms with Gasteiger partial charge in [0.25, 0.3) is 0 Å². The zero-order valence-electron chi connectivity index (χ0n) is 4.96. The third-order valence-corrected chi connectivity index (χ3v) is 0. The number of rotatable bonds is 0. The molecule has 0 spiro atoms. The number of nitrogens with one attached hydrogen (secondary N) is 1. The van der Waals surface area contributed by atoms with Gasteiger partial charge in [0, 0.05) is 0 Å². The molecule has 0 aliphatic heterocycles. The summed E-state index contributed by atoms with van der Waals surface area (Å²) in [6.45, 7) is 0. The molecule has 0 amide bonds. The molecule has 3 heteroatoms. The Morgan fingerprint density at radius 1 is 1.14 bits per heavy atom. The molecular formula is C4H12Br2N+. The lowest BCUT2D eigenvalue weighted by atomic mass is 11.0. The summed E-state index contributed by atoms with van der Waals surface area (Å²) in [5.41, 5.74) is 0. The van der Waals surface area contributed by atoms with E-state index in [4.69, 9.17) is 0 Å². The summed E-state index contributed by atoms with van der Waals surface area (Å²) in [6.07, 6.45) is 0. The quantitative estimate of drug-likeness (QED) is 0.582. The van der Waals surface area contributed by atoms with Crippen molar-refractivity contribution in [2.45, 2.75) is 0 Å². The molecule has 1 N–H and O–H groups in total. The van der Waals surface area contributed by atoms with Gasteiger partial charge in [-0.3, -0.25) is 0 Å². The van der Waals surface area contributed by atoms with Gasteiger partial charge < -0.3 is 4.90 Å². The van der Waals surface area contributed by atoms with Crippen molar-refractivity contribution in [1.82, 2.24) is 0 Å². The maximum Gasteiger partial charge on any atom is 0.0661 e. The van der Waals surface area contributed by atoms with E-state index < -0.39 is 0 Å². The van der Waals surface area contributed by atoms with Gasteiger partial charge in [-0.15, -0.1) is 0 Å². The summed E-state index contributed by atoms with van der Waals surface area (Å²) in [5, 5.41) is 0. The second-order valence-electron chi connectivity index (χ2n) is 1.60. The summed E-state index contributed by atoms with van der Waals surface area (Å²) in [6, 6.07) is 0. The van der Waals surface area contributed by atoms with Crippen LogP contribution in [0, 0.1) is 0 Å². The fraction of sp³-hybridized carbons (Fsp3) is 1.00. The third-order valence-electron chi connectivity index (χ3n) is 0. The van der Waals surface area contributed by atoms with Crippen molar-refractivity contribution in [3.8, 4) is 0 Å². The highest BCUT2D eigenvalue weighted by molar-refractivity contribution is 9.24. The molecule has 0 saturated carbocycles. The molecule has 0 aliphatic rings. The molecule has 0 aromatic heterocycles. The lowest BCUT2D eigenvalue weighted by molar-refractivity contribution is -0.836. The van der Waals surface area contributed by atoms with Crippen LogP contribution in [0.1, 0.15) is 0 Å². The molecule has 0 fully saturated rings. The van der Waals surface area contributed by atoms with Gasteiger partial charge in [-0.25, -0.2) is 0 Å². The van der Waals surface area contributed by atoms with Crippen molar-refractivity contribution in [2.24, 2.45) is 0 Å². The molecule has 0 unspecified atom stereocenters. The molecule has 0 aromatic carbocycles. The van der Waals surface area contributed by atoms with Crippen molar-refractivity contribution in [1.29, 1.82) is 0 Å². The van der Waals surface area contributed by atoms with Gasteiger partial charge in [-0.05, 0) is 0 Å². The van der Waals surface area contributed by atoms with E-state index in [1.165, 1.54) is 4.90 Å². The Bertz CT molecular complexity index is 20.9. The molecule has 0 atom stereocenters. The average Bonchev–Trinajstić information content (AvgIpc) is 1.33. The smallest absolute Gasteiger partial charge is 0.0661 e. The topological polar surface area (TPSA) is 4.44 Å². The number of hydrogen-bond donors (Lipinski definition) is 1. The van der Waals surface area contributed by atoms with E-state index in [9.17, 15) is 0 Å². The largest absolute Gasteiger partial charge is 0.342 e. The van der Waals surface area contributed by atoms with Crippen LogP contribution in [0.5, 0.6) is 0 Å². The second-order valence-corrected chi connectivity index (χ2v) is 4.23. The van der Waals surface area contributed by atoms with Gasteiger partial charge in [-0.1, -0.05) is 31.9 Å². The Kier molecular flexibility index (Phi) is 15.5. The molecular weight excluding hydrogens is 222 g/mol. The van der Waals surface area contributed by atoms with Gasteiger partial charge in [0.2, 0.25) is 0 Å². The number of hydrogen-bond acceptors (Lipinski definition) is 0. The lowest BCUT2D eigenvalue weighted by Crippen LogP contribution is -3.02. The Balaban J connectivity index is 0. The summed E-state index contributed by atoms with van der Waals surface area (Å²) < 4.78 is 0.875. The highest BCUT2D eigenvalue weighted by atomic mass is 79.9. The molecule has 0 bridgehead atoms. The predicted molar refractivity (Wildman–Crippen MR) is 41.5 cm³/mol. The van der Waals surface area contributed by atoms with Crippen LogP contribution in [0.15, 0.2) is 0 Å². The van der Waals surface area contributed by atoms with Crippen molar-refractivity contribution in [3.05, 3.63) is 0 Å². The van der Waals surface area contributed by atoms with Gasteiger partial charge >= 0.3 is 0 Å². The zero-order valence-corrected chi connectivity index (χ0v) is 8.14. The van der Waals surface area contributed by atoms with Crippen molar-refractivity contribution in [2.75, 3.05) is 25.4 Å². The maximum atomic E-state index is 3.06. The van der Waals surface area contributed by atoms with Crippen molar-refractivity contribution < 1.29 is 4.90 Å². The standard InChI is InChI=1S/C3H9N.CH2Br2/c1-4(2)3;2-1-3/h1-3H3;1H2/p+1. The molecule has 0 heterocycles. The van der Waals surface area contributed by atoms with Crippen LogP contribution in [0.25, 0.3) is 0 Å². The minimum atomic E-state index is 0.875. The fourth-order valence-corrected chi connectivity index (χ4v) is 0. The Morgan fingerprint density at radius 3 is 1.14 bits per heavy atom. The van der Waals surface area contributed by atoms with E-state index in [1.54, 1.807) is 0 Å². The zero-order chi connectivity index (χ0) is 6.28. The summed E-state index contributed by atoms with van der Waals surface area (Å²) >= 11 is 6.12. The van der Waals surface area contributed by atoms with Gasteiger partial charge in [0.05, 0.1) is 25.4 Å². The van der Waals surface area contributed by atoms with E-state index >= 15 is 0 Å². The molecule has 7 heavy (non-hydrogen) atoms. The molecule has 1 nitrogen and oxygen atoms in total. The summed E-state index contributed by atoms with van der Waals surface area (Å²) in [4.78, 5) is 1.42. The predicted octanol–water partition coefficient (Wildman–Crippen LogP) is 0.494. The van der Waals surface area contributed by atoms with Gasteiger partial charge in [0.1, 0.15) is 0 Å². The SMILES string of the molecule is BrCBr.C[NH+](C)C. The van der Waals surface area contributed by atoms with Crippen LogP contribution in [0.3, 0.4) is 0 Å². The maximum absolute atomic E-state index is 3.06. The fourth-order valence-electron chi connectivity index (χ4n) is 0. The molecule has 0 saturated heterocycles. The van der Waals surface area contributed by atoms with Crippen LogP contribution >= 0.6 is 31.9 Å². The lowest BCUT2D eigenvalue weighted by Gasteiger charge is -1.88. The molecule has 0 aromatic rings. The first-order valence-corrected chi connectivity index (χ1v) is 4.28. The van der Waals surface area contributed by atoms with E-state index in [1.807, 2.05) is 0 Å². The monoisotopic (exact) mass is 232 g/mol. The molecule has 46 valence electrons. The Morgan fingerprint density at radius 2 is 1.14 bits per heavy atom. The number of quaternary nitrogens is 1. The van der Waals surface area contributed by atoms with Crippen LogP contribution in [0.2, 0.25) is 0 Å². The highest BCUT2D eigenvalue weighted by Gasteiger charge is 1.61. The van der Waals surface area contributed by atoms with Crippen LogP contribution < -0.4 is 4.90 Å². The average molecular weight is 234 g/mol. The third kappa shape index (κ3) is 198. The summed E-state index contributed by atoms with van der Waals surface area (Å²) in [7, 11) is 6.25. The van der Waals surface area contributed by atoms with Crippen LogP contribution in [0.4, 0.5) is 0 Å². The second kappa shape index (κ2) is 10.0. The van der Waals surface area contributed by atoms with E-state index in [0.717, 1.165) is 4.24 Å². The number of alkyl halides is 2. The summed E-state index contributed by atoms with van der Waals surface area (Å²) in [5.74, 6) is 0. The Labute approximate surface area is 62.3 Å². The van der Waals surface area contributed by atoms with Gasteiger partial charge in [-0.2, -0.15) is 0 Å². The Hall–Kier alpha value is 0.920.